The molecule has 1 amide bonds. The first-order valence-corrected chi connectivity index (χ1v) is 6.70. The van der Waals surface area contributed by atoms with Gasteiger partial charge in [-0.25, -0.2) is 0 Å². The van der Waals surface area contributed by atoms with E-state index in [1.165, 1.54) is 0 Å². The molecular formula is C14H29ClN2O. The van der Waals surface area contributed by atoms with Crippen molar-refractivity contribution >= 4 is 18.3 Å². The summed E-state index contributed by atoms with van der Waals surface area (Å²) in [5.74, 6) is 0.848. The molecule has 1 fully saturated rings. The van der Waals surface area contributed by atoms with E-state index in [-0.39, 0.29) is 23.2 Å². The van der Waals surface area contributed by atoms with Gasteiger partial charge >= 0.3 is 0 Å². The Morgan fingerprint density at radius 1 is 1.44 bits per heavy atom. The topological polar surface area (TPSA) is 46.3 Å². The predicted octanol–water partition coefficient (Wildman–Crippen LogP) is 2.68. The fraction of sp³-hybridized carbons (Fsp3) is 0.929. The summed E-state index contributed by atoms with van der Waals surface area (Å²) in [4.78, 5) is 14.5. The molecule has 0 aromatic carbocycles. The third-order valence-electron chi connectivity index (χ3n) is 3.84. The Kier molecular flexibility index (Phi) is 6.15. The van der Waals surface area contributed by atoms with E-state index in [1.807, 2.05) is 4.90 Å². The standard InChI is InChI=1S/C14H28N2O.ClH/c1-11(2)8-13(3,4)12(17)16-7-6-14(5,9-15)10-16;/h11H,6-10,15H2,1-5H3;1H. The number of nitrogens with zero attached hydrogens (tertiary/aromatic N) is 1. The van der Waals surface area contributed by atoms with E-state index in [4.69, 9.17) is 5.73 Å². The molecule has 1 aliphatic heterocycles. The molecule has 0 aromatic heterocycles. The molecule has 0 bridgehead atoms. The van der Waals surface area contributed by atoms with Gasteiger partial charge < -0.3 is 10.6 Å². The molecule has 0 spiro atoms. The minimum absolute atomic E-state index is 0. The van der Waals surface area contributed by atoms with E-state index in [0.717, 1.165) is 25.9 Å². The minimum Gasteiger partial charge on any atom is -0.342 e. The van der Waals surface area contributed by atoms with Gasteiger partial charge in [0.15, 0.2) is 0 Å². The van der Waals surface area contributed by atoms with Crippen LogP contribution in [0.3, 0.4) is 0 Å². The lowest BCUT2D eigenvalue weighted by Gasteiger charge is -2.31. The molecule has 1 saturated heterocycles. The SMILES string of the molecule is CC(C)CC(C)(C)C(=O)N1CCC(C)(CN)C1.Cl. The smallest absolute Gasteiger partial charge is 0.228 e. The molecule has 1 aliphatic rings. The van der Waals surface area contributed by atoms with Crippen LogP contribution in [0.2, 0.25) is 0 Å². The van der Waals surface area contributed by atoms with Crippen LogP contribution >= 0.6 is 12.4 Å². The Hall–Kier alpha value is -0.280. The van der Waals surface area contributed by atoms with Crippen LogP contribution in [0.4, 0.5) is 0 Å². The highest BCUT2D eigenvalue weighted by Crippen LogP contribution is 2.34. The first-order chi connectivity index (χ1) is 7.70. The molecule has 18 heavy (non-hydrogen) atoms. The summed E-state index contributed by atoms with van der Waals surface area (Å²) in [5.41, 5.74) is 5.67. The Morgan fingerprint density at radius 2 is 2.00 bits per heavy atom. The van der Waals surface area contributed by atoms with E-state index in [1.54, 1.807) is 0 Å². The summed E-state index contributed by atoms with van der Waals surface area (Å²) >= 11 is 0. The molecule has 1 heterocycles. The summed E-state index contributed by atoms with van der Waals surface area (Å²) in [6.07, 6.45) is 1.98. The predicted molar refractivity (Wildman–Crippen MR) is 78.8 cm³/mol. The summed E-state index contributed by atoms with van der Waals surface area (Å²) in [6.45, 7) is 13.0. The van der Waals surface area contributed by atoms with Crippen LogP contribution in [0.15, 0.2) is 0 Å². The molecule has 0 radical (unpaired) electrons. The number of likely N-dealkylation sites (tertiary alicyclic amines) is 1. The molecule has 0 saturated carbocycles. The highest BCUT2D eigenvalue weighted by molar-refractivity contribution is 5.85. The second-order valence-corrected chi connectivity index (χ2v) is 6.97. The third-order valence-corrected chi connectivity index (χ3v) is 3.84. The van der Waals surface area contributed by atoms with E-state index < -0.39 is 0 Å². The second kappa shape index (κ2) is 6.25. The molecule has 1 atom stereocenters. The Morgan fingerprint density at radius 3 is 2.39 bits per heavy atom. The quantitative estimate of drug-likeness (QED) is 0.858. The van der Waals surface area contributed by atoms with Gasteiger partial charge in [-0.2, -0.15) is 0 Å². The van der Waals surface area contributed by atoms with Crippen LogP contribution in [-0.4, -0.2) is 30.4 Å². The van der Waals surface area contributed by atoms with Gasteiger partial charge in [0, 0.05) is 18.5 Å². The lowest BCUT2D eigenvalue weighted by Crippen LogP contribution is -2.42. The summed E-state index contributed by atoms with van der Waals surface area (Å²) in [5, 5.41) is 0. The minimum atomic E-state index is -0.242. The van der Waals surface area contributed by atoms with Crippen molar-refractivity contribution in [1.82, 2.24) is 4.90 Å². The Labute approximate surface area is 118 Å². The highest BCUT2D eigenvalue weighted by atomic mass is 35.5. The van der Waals surface area contributed by atoms with Crippen molar-refractivity contribution in [3.05, 3.63) is 0 Å². The van der Waals surface area contributed by atoms with Crippen LogP contribution in [0.1, 0.15) is 47.5 Å². The lowest BCUT2D eigenvalue weighted by molar-refractivity contribution is -0.140. The third kappa shape index (κ3) is 4.13. The van der Waals surface area contributed by atoms with Crippen molar-refractivity contribution in [2.75, 3.05) is 19.6 Å². The van der Waals surface area contributed by atoms with Gasteiger partial charge in [-0.3, -0.25) is 4.79 Å². The normalized spacial score (nSPS) is 24.3. The van der Waals surface area contributed by atoms with Gasteiger partial charge in [-0.05, 0) is 30.7 Å². The number of rotatable bonds is 4. The summed E-state index contributed by atoms with van der Waals surface area (Å²) in [6, 6.07) is 0. The zero-order valence-electron chi connectivity index (χ0n) is 12.5. The van der Waals surface area contributed by atoms with Crippen molar-refractivity contribution < 1.29 is 4.79 Å². The van der Waals surface area contributed by atoms with E-state index in [9.17, 15) is 4.79 Å². The summed E-state index contributed by atoms with van der Waals surface area (Å²) < 4.78 is 0. The lowest BCUT2D eigenvalue weighted by atomic mass is 9.82. The van der Waals surface area contributed by atoms with Gasteiger partial charge in [0.05, 0.1) is 0 Å². The van der Waals surface area contributed by atoms with Crippen LogP contribution in [0.5, 0.6) is 0 Å². The number of amides is 1. The Bertz CT molecular complexity index is 292. The molecule has 3 nitrogen and oxygen atoms in total. The molecule has 1 unspecified atom stereocenters. The maximum Gasteiger partial charge on any atom is 0.228 e. The molecule has 1 rings (SSSR count). The molecule has 0 aromatic rings. The maximum absolute atomic E-state index is 12.5. The first-order valence-electron chi connectivity index (χ1n) is 6.70. The molecular weight excluding hydrogens is 248 g/mol. The van der Waals surface area contributed by atoms with Crippen LogP contribution < -0.4 is 5.73 Å². The van der Waals surface area contributed by atoms with E-state index >= 15 is 0 Å². The average Bonchev–Trinajstić information content (AvgIpc) is 2.59. The van der Waals surface area contributed by atoms with Crippen molar-refractivity contribution in [3.8, 4) is 0 Å². The monoisotopic (exact) mass is 276 g/mol. The molecule has 2 N–H and O–H groups in total. The van der Waals surface area contributed by atoms with Crippen molar-refractivity contribution in [1.29, 1.82) is 0 Å². The van der Waals surface area contributed by atoms with Crippen molar-refractivity contribution in [2.45, 2.75) is 47.5 Å². The zero-order chi connectivity index (χ0) is 13.3. The number of nitrogens with two attached hydrogens (primary N) is 1. The molecule has 108 valence electrons. The fourth-order valence-electron chi connectivity index (χ4n) is 2.90. The van der Waals surface area contributed by atoms with Crippen molar-refractivity contribution in [3.63, 3.8) is 0 Å². The molecule has 0 aliphatic carbocycles. The fourth-order valence-corrected chi connectivity index (χ4v) is 2.90. The van der Waals surface area contributed by atoms with Gasteiger partial charge in [-0.15, -0.1) is 12.4 Å². The number of carbonyl (C=O) groups excluding carboxylic acids is 1. The van der Waals surface area contributed by atoms with Gasteiger partial charge in [0.2, 0.25) is 5.91 Å². The first kappa shape index (κ1) is 17.7. The van der Waals surface area contributed by atoms with Gasteiger partial charge in [0.25, 0.3) is 0 Å². The largest absolute Gasteiger partial charge is 0.342 e. The van der Waals surface area contributed by atoms with Crippen LogP contribution in [-0.2, 0) is 4.79 Å². The van der Waals surface area contributed by atoms with E-state index in [0.29, 0.717) is 18.4 Å². The number of carbonyl (C=O) groups is 1. The average molecular weight is 277 g/mol. The number of halogens is 1. The van der Waals surface area contributed by atoms with Crippen LogP contribution in [0, 0.1) is 16.7 Å². The molecule has 4 heteroatoms. The van der Waals surface area contributed by atoms with E-state index in [2.05, 4.69) is 34.6 Å². The van der Waals surface area contributed by atoms with Gasteiger partial charge in [0.1, 0.15) is 0 Å². The second-order valence-electron chi connectivity index (χ2n) is 6.97. The number of hydrogen-bond acceptors (Lipinski definition) is 2. The van der Waals surface area contributed by atoms with Crippen LogP contribution in [0.25, 0.3) is 0 Å². The Balaban J connectivity index is 0.00000289. The maximum atomic E-state index is 12.5. The highest BCUT2D eigenvalue weighted by Gasteiger charge is 2.40. The number of hydrogen-bond donors (Lipinski definition) is 1. The zero-order valence-corrected chi connectivity index (χ0v) is 13.3. The van der Waals surface area contributed by atoms with Gasteiger partial charge in [-0.1, -0.05) is 34.6 Å². The van der Waals surface area contributed by atoms with Crippen molar-refractivity contribution in [2.24, 2.45) is 22.5 Å². The summed E-state index contributed by atoms with van der Waals surface area (Å²) in [7, 11) is 0.